The Kier molecular flexibility index (Phi) is 5.77. The number of aromatic nitrogens is 2. The number of aryl methyl sites for hydroxylation is 1. The number of benzene rings is 2. The maximum Gasteiger partial charge on any atom is 0.313 e. The number of rotatable bonds is 6. The molecule has 0 atom stereocenters. The van der Waals surface area contributed by atoms with Crippen LogP contribution < -0.4 is 15.2 Å². The number of nitrogens with two attached hydrogens (primary N) is 1. The molecule has 26 heavy (non-hydrogen) atoms. The molecule has 0 aliphatic heterocycles. The average Bonchev–Trinajstić information content (AvgIpc) is 3.05. The van der Waals surface area contributed by atoms with Crippen LogP contribution in [-0.4, -0.2) is 17.3 Å². The summed E-state index contributed by atoms with van der Waals surface area (Å²) in [5.41, 5.74) is 8.66. The van der Waals surface area contributed by atoms with Gasteiger partial charge in [-0.2, -0.15) is 0 Å². The number of halogens is 1. The molecular formula is C19H18IN3O3. The Morgan fingerprint density at radius 2 is 1.92 bits per heavy atom. The molecule has 134 valence electrons. The molecule has 0 aliphatic carbocycles. The Bertz CT molecular complexity index is 920. The monoisotopic (exact) mass is 463 g/mol. The summed E-state index contributed by atoms with van der Waals surface area (Å²) in [4.78, 5) is 0. The summed E-state index contributed by atoms with van der Waals surface area (Å²) < 4.78 is 17.6. The fourth-order valence-electron chi connectivity index (χ4n) is 2.30. The number of nitrogens with zero attached hydrogens (tertiary/aromatic N) is 2. The largest absolute Gasteiger partial charge is 0.493 e. The number of nitrogen functional groups attached to an aromatic ring is 1. The fraction of sp³-hybridized carbons (Fsp3) is 0.158. The third-order valence-electron chi connectivity index (χ3n) is 3.63. The van der Waals surface area contributed by atoms with Crippen LogP contribution in [0.3, 0.4) is 0 Å². The highest BCUT2D eigenvalue weighted by molar-refractivity contribution is 14.1. The third kappa shape index (κ3) is 4.54. The molecule has 0 amide bonds. The molecular weight excluding hydrogens is 445 g/mol. The highest BCUT2D eigenvalue weighted by atomic mass is 127. The van der Waals surface area contributed by atoms with Gasteiger partial charge in [-0.3, -0.25) is 0 Å². The summed E-state index contributed by atoms with van der Waals surface area (Å²) in [6.07, 6.45) is 3.54. The van der Waals surface area contributed by atoms with Crippen LogP contribution in [0.25, 0.3) is 12.2 Å². The van der Waals surface area contributed by atoms with E-state index in [1.807, 2.05) is 18.2 Å². The zero-order valence-corrected chi connectivity index (χ0v) is 16.6. The molecule has 7 heteroatoms. The van der Waals surface area contributed by atoms with Crippen molar-refractivity contribution in [3.8, 4) is 11.5 Å². The lowest BCUT2D eigenvalue weighted by Crippen LogP contribution is -2.00. The number of ether oxygens (including phenoxy) is 2. The van der Waals surface area contributed by atoms with Crippen molar-refractivity contribution in [1.82, 2.24) is 10.2 Å². The predicted octanol–water partition coefficient (Wildman–Crippen LogP) is 4.32. The van der Waals surface area contributed by atoms with E-state index in [0.717, 1.165) is 14.7 Å². The van der Waals surface area contributed by atoms with Crippen molar-refractivity contribution in [2.45, 2.75) is 13.5 Å². The van der Waals surface area contributed by atoms with Crippen molar-refractivity contribution in [3.05, 3.63) is 62.5 Å². The van der Waals surface area contributed by atoms with Crippen LogP contribution in [0.4, 0.5) is 6.01 Å². The van der Waals surface area contributed by atoms with Gasteiger partial charge < -0.3 is 19.6 Å². The first-order chi connectivity index (χ1) is 12.5. The predicted molar refractivity (Wildman–Crippen MR) is 109 cm³/mol. The molecule has 0 spiro atoms. The maximum absolute atomic E-state index is 5.99. The van der Waals surface area contributed by atoms with E-state index in [1.54, 1.807) is 13.2 Å². The van der Waals surface area contributed by atoms with Crippen LogP contribution in [0.5, 0.6) is 11.5 Å². The number of hydrogen-bond acceptors (Lipinski definition) is 6. The number of hydrogen-bond donors (Lipinski definition) is 1. The normalized spacial score (nSPS) is 11.0. The van der Waals surface area contributed by atoms with Crippen LogP contribution >= 0.6 is 22.6 Å². The van der Waals surface area contributed by atoms with Crippen LogP contribution in [0.1, 0.15) is 22.6 Å². The van der Waals surface area contributed by atoms with Gasteiger partial charge in [0.05, 0.1) is 10.7 Å². The maximum atomic E-state index is 5.99. The van der Waals surface area contributed by atoms with Crippen molar-refractivity contribution < 1.29 is 13.9 Å². The topological polar surface area (TPSA) is 83.4 Å². The van der Waals surface area contributed by atoms with Crippen molar-refractivity contribution in [1.29, 1.82) is 0 Å². The van der Waals surface area contributed by atoms with Crippen molar-refractivity contribution >= 4 is 40.8 Å². The molecule has 3 aromatic rings. The Morgan fingerprint density at radius 3 is 2.58 bits per heavy atom. The summed E-state index contributed by atoms with van der Waals surface area (Å²) >= 11 is 2.23. The minimum atomic E-state index is 0.0386. The van der Waals surface area contributed by atoms with Gasteiger partial charge in [-0.15, -0.1) is 5.10 Å². The summed E-state index contributed by atoms with van der Waals surface area (Å²) in [6.45, 7) is 2.54. The van der Waals surface area contributed by atoms with Gasteiger partial charge in [0.2, 0.25) is 5.89 Å². The second kappa shape index (κ2) is 8.22. The molecule has 0 bridgehead atoms. The standard InChI is InChI=1S/C19H18IN3O3/c1-12-3-5-13(6-4-12)11-25-18-15(20)9-14(10-16(18)24-2)7-8-17-22-23-19(21)26-17/h3-10H,11H2,1-2H3,(H2,21,23)/b8-7+. The van der Waals surface area contributed by atoms with Gasteiger partial charge in [-0.25, -0.2) is 0 Å². The summed E-state index contributed by atoms with van der Waals surface area (Å²) in [6, 6.07) is 12.2. The lowest BCUT2D eigenvalue weighted by molar-refractivity contribution is 0.282. The zero-order chi connectivity index (χ0) is 18.5. The van der Waals surface area contributed by atoms with E-state index in [0.29, 0.717) is 24.0 Å². The van der Waals surface area contributed by atoms with E-state index in [1.165, 1.54) is 5.56 Å². The fourth-order valence-corrected chi connectivity index (χ4v) is 3.08. The van der Waals surface area contributed by atoms with E-state index < -0.39 is 0 Å². The van der Waals surface area contributed by atoms with Gasteiger partial charge in [-0.1, -0.05) is 34.9 Å². The first-order valence-electron chi connectivity index (χ1n) is 7.88. The van der Waals surface area contributed by atoms with E-state index in [-0.39, 0.29) is 6.01 Å². The SMILES string of the molecule is COc1cc(/C=C/c2nnc(N)o2)cc(I)c1OCc1ccc(C)cc1. The summed E-state index contributed by atoms with van der Waals surface area (Å²) in [7, 11) is 1.62. The molecule has 2 aromatic carbocycles. The molecule has 0 unspecified atom stereocenters. The van der Waals surface area contributed by atoms with Gasteiger partial charge in [0.25, 0.3) is 0 Å². The van der Waals surface area contributed by atoms with Gasteiger partial charge in [0.1, 0.15) is 6.61 Å². The molecule has 0 radical (unpaired) electrons. The Balaban J connectivity index is 1.78. The van der Waals surface area contributed by atoms with Crippen LogP contribution in [0.15, 0.2) is 40.8 Å². The van der Waals surface area contributed by atoms with Crippen molar-refractivity contribution in [2.24, 2.45) is 0 Å². The first kappa shape index (κ1) is 18.2. The molecule has 1 heterocycles. The molecule has 0 saturated carbocycles. The Labute approximate surface area is 165 Å². The molecule has 1 aromatic heterocycles. The van der Waals surface area contributed by atoms with Crippen LogP contribution in [0.2, 0.25) is 0 Å². The molecule has 0 aliphatic rings. The smallest absolute Gasteiger partial charge is 0.313 e. The summed E-state index contributed by atoms with van der Waals surface area (Å²) in [5.74, 6) is 1.72. The lowest BCUT2D eigenvalue weighted by Gasteiger charge is -2.14. The van der Waals surface area contributed by atoms with Gasteiger partial charge in [0.15, 0.2) is 11.5 Å². The Morgan fingerprint density at radius 1 is 1.15 bits per heavy atom. The van der Waals surface area contributed by atoms with Gasteiger partial charge >= 0.3 is 6.01 Å². The van der Waals surface area contributed by atoms with E-state index >= 15 is 0 Å². The minimum absolute atomic E-state index is 0.0386. The minimum Gasteiger partial charge on any atom is -0.493 e. The molecule has 6 nitrogen and oxygen atoms in total. The van der Waals surface area contributed by atoms with Gasteiger partial charge in [-0.05, 0) is 58.9 Å². The lowest BCUT2D eigenvalue weighted by atomic mass is 10.1. The van der Waals surface area contributed by atoms with E-state index in [9.17, 15) is 0 Å². The second-order valence-electron chi connectivity index (χ2n) is 5.62. The average molecular weight is 463 g/mol. The quantitative estimate of drug-likeness (QED) is 0.549. The van der Waals surface area contributed by atoms with E-state index in [4.69, 9.17) is 19.6 Å². The highest BCUT2D eigenvalue weighted by Crippen LogP contribution is 2.35. The van der Waals surface area contributed by atoms with E-state index in [2.05, 4.69) is 64.0 Å². The highest BCUT2D eigenvalue weighted by Gasteiger charge is 2.11. The third-order valence-corrected chi connectivity index (χ3v) is 4.43. The molecule has 0 saturated heterocycles. The second-order valence-corrected chi connectivity index (χ2v) is 6.78. The Hall–Kier alpha value is -2.55. The molecule has 3 rings (SSSR count). The number of methoxy groups -OCH3 is 1. The van der Waals surface area contributed by atoms with Crippen molar-refractivity contribution in [3.63, 3.8) is 0 Å². The van der Waals surface area contributed by atoms with Gasteiger partial charge in [0, 0.05) is 6.08 Å². The molecule has 0 fully saturated rings. The number of anilines is 1. The van der Waals surface area contributed by atoms with Crippen molar-refractivity contribution in [2.75, 3.05) is 12.8 Å². The summed E-state index contributed by atoms with van der Waals surface area (Å²) in [5, 5.41) is 7.41. The zero-order valence-electron chi connectivity index (χ0n) is 14.4. The first-order valence-corrected chi connectivity index (χ1v) is 8.96. The molecule has 2 N–H and O–H groups in total. The van der Waals surface area contributed by atoms with Crippen LogP contribution in [-0.2, 0) is 6.61 Å². The van der Waals surface area contributed by atoms with Crippen LogP contribution in [0, 0.1) is 10.5 Å².